The molecule has 5 nitrogen and oxygen atoms in total. The molecule has 2 amide bonds. The Balaban J connectivity index is 0. The van der Waals surface area contributed by atoms with Gasteiger partial charge in [0.15, 0.2) is 0 Å². The van der Waals surface area contributed by atoms with E-state index in [1.165, 1.54) is 11.9 Å². The summed E-state index contributed by atoms with van der Waals surface area (Å²) in [4.78, 5) is 24.0. The highest BCUT2D eigenvalue weighted by atomic mass is 127. The van der Waals surface area contributed by atoms with E-state index in [-0.39, 0.29) is 12.6 Å². The smallest absolute Gasteiger partial charge is 0.323 e. The summed E-state index contributed by atoms with van der Waals surface area (Å²) in [6.07, 6.45) is 0. The monoisotopic (exact) mass is 568 g/mol. The van der Waals surface area contributed by atoms with Crippen molar-refractivity contribution in [2.75, 3.05) is 27.2 Å². The third-order valence-corrected chi connectivity index (χ3v) is 1.50. The Kier molecular flexibility index (Phi) is 13.3. The van der Waals surface area contributed by atoms with Gasteiger partial charge >= 0.3 is 12.0 Å². The minimum Gasteiger partial charge on any atom is -0.480 e. The van der Waals surface area contributed by atoms with Gasteiger partial charge in [-0.1, -0.05) is 67.8 Å². The molecule has 8 heteroatoms. The number of aliphatic carboxylic acids is 1. The molecule has 1 N–H and O–H groups in total. The normalized spacial score (nSPS) is 9.19. The van der Waals surface area contributed by atoms with Gasteiger partial charge in [0.2, 0.25) is 0 Å². The number of alkyl halides is 3. The van der Waals surface area contributed by atoms with Crippen LogP contribution in [0.1, 0.15) is 6.92 Å². The van der Waals surface area contributed by atoms with E-state index in [4.69, 9.17) is 5.11 Å². The molecule has 0 heterocycles. The van der Waals surface area contributed by atoms with Crippen molar-refractivity contribution in [3.05, 3.63) is 0 Å². The molecule has 0 atom stereocenters. The van der Waals surface area contributed by atoms with Gasteiger partial charge in [0.05, 0.1) is 0 Å². The van der Waals surface area contributed by atoms with Gasteiger partial charge in [0, 0.05) is 20.6 Å². The Morgan fingerprint density at radius 3 is 1.81 bits per heavy atom. The van der Waals surface area contributed by atoms with Gasteiger partial charge in [0.1, 0.15) is 6.48 Å². The first-order valence-electron chi connectivity index (χ1n) is 4.32. The Morgan fingerprint density at radius 2 is 1.56 bits per heavy atom. The van der Waals surface area contributed by atoms with Crippen LogP contribution in [0, 0.1) is 0 Å². The highest BCUT2D eigenvalue weighted by Crippen LogP contribution is 2.16. The van der Waals surface area contributed by atoms with Gasteiger partial charge in [0.25, 0.3) is 0 Å². The number of likely N-dealkylation sites (N-methyl/N-ethyl adjacent to an activating group) is 1. The average molecular weight is 568 g/mol. The second kappa shape index (κ2) is 11.0. The number of amides is 2. The van der Waals surface area contributed by atoms with E-state index in [0.29, 0.717) is 6.54 Å². The first-order chi connectivity index (χ1) is 7.22. The van der Waals surface area contributed by atoms with Gasteiger partial charge < -0.3 is 14.9 Å². The minimum absolute atomic E-state index is 0.261. The number of urea groups is 1. The van der Waals surface area contributed by atoms with Crippen LogP contribution in [-0.2, 0) is 4.79 Å². The standard InChI is InChI=1S/C7H14N2O3.CHI3/c1-4-8(2)7(12)9(3)5-6(10)11;2-1(3)4/h4-5H2,1-3H3,(H,10,11);1H. The summed E-state index contributed by atoms with van der Waals surface area (Å²) in [7, 11) is 3.09. The van der Waals surface area contributed by atoms with Crippen LogP contribution in [0.5, 0.6) is 0 Å². The summed E-state index contributed by atoms with van der Waals surface area (Å²) < 4.78 is 0.743. The Hall–Kier alpha value is 0.930. The van der Waals surface area contributed by atoms with Crippen molar-refractivity contribution in [3.8, 4) is 0 Å². The van der Waals surface area contributed by atoms with Crippen molar-refractivity contribution in [3.63, 3.8) is 0 Å². The average Bonchev–Trinajstić information content (AvgIpc) is 2.13. The molecule has 0 radical (unpaired) electrons. The van der Waals surface area contributed by atoms with Crippen LogP contribution in [-0.4, -0.2) is 54.0 Å². The second-order valence-electron chi connectivity index (χ2n) is 2.79. The summed E-state index contributed by atoms with van der Waals surface area (Å²) >= 11 is 6.95. The molecular formula is C8H15I3N2O3. The van der Waals surface area contributed by atoms with Crippen molar-refractivity contribution >= 4 is 79.8 Å². The fourth-order valence-corrected chi connectivity index (χ4v) is 0.697. The third-order valence-electron chi connectivity index (χ3n) is 1.50. The number of carbonyl (C=O) groups is 2. The number of carboxylic acids is 1. The SMILES string of the molecule is CCN(C)C(=O)N(C)CC(=O)O.IC(I)I. The predicted octanol–water partition coefficient (Wildman–Crippen LogP) is 2.65. The van der Waals surface area contributed by atoms with Gasteiger partial charge in [-0.3, -0.25) is 4.79 Å². The van der Waals surface area contributed by atoms with Crippen molar-refractivity contribution < 1.29 is 14.7 Å². The predicted molar refractivity (Wildman–Crippen MR) is 89.8 cm³/mol. The van der Waals surface area contributed by atoms with Crippen LogP contribution in [0.2, 0.25) is 0 Å². The van der Waals surface area contributed by atoms with Crippen LogP contribution in [0.15, 0.2) is 0 Å². The maximum Gasteiger partial charge on any atom is 0.323 e. The molecule has 0 rings (SSSR count). The number of nitrogens with zero attached hydrogens (tertiary/aromatic N) is 2. The minimum atomic E-state index is -1.00. The third kappa shape index (κ3) is 13.0. The van der Waals surface area contributed by atoms with Crippen LogP contribution in [0.3, 0.4) is 0 Å². The maximum absolute atomic E-state index is 11.2. The van der Waals surface area contributed by atoms with Crippen molar-refractivity contribution in [1.29, 1.82) is 0 Å². The lowest BCUT2D eigenvalue weighted by atomic mass is 10.5. The molecule has 0 aliphatic carbocycles. The molecule has 0 saturated heterocycles. The number of hydrogen-bond donors (Lipinski definition) is 1. The number of halogens is 3. The van der Waals surface area contributed by atoms with E-state index in [1.54, 1.807) is 7.05 Å². The molecule has 0 fully saturated rings. The molecule has 0 aromatic carbocycles. The Morgan fingerprint density at radius 1 is 1.19 bits per heavy atom. The number of hydrogen-bond acceptors (Lipinski definition) is 2. The zero-order valence-electron chi connectivity index (χ0n) is 9.28. The Bertz CT molecular complexity index is 224. The van der Waals surface area contributed by atoms with Crippen molar-refractivity contribution in [2.24, 2.45) is 0 Å². The molecule has 0 bridgehead atoms. The fraction of sp³-hybridized carbons (Fsp3) is 0.750. The number of rotatable bonds is 3. The van der Waals surface area contributed by atoms with E-state index in [0.717, 1.165) is 4.84 Å². The lowest BCUT2D eigenvalue weighted by Gasteiger charge is -2.21. The lowest BCUT2D eigenvalue weighted by Crippen LogP contribution is -2.41. The number of carboxylic acid groups (broad SMARTS) is 1. The zero-order chi connectivity index (χ0) is 13.3. The van der Waals surface area contributed by atoms with Gasteiger partial charge in [-0.05, 0) is 6.92 Å². The molecule has 0 aromatic heterocycles. The van der Waals surface area contributed by atoms with E-state index >= 15 is 0 Å². The quantitative estimate of drug-likeness (QED) is 0.422. The van der Waals surface area contributed by atoms with Crippen molar-refractivity contribution in [1.82, 2.24) is 9.80 Å². The van der Waals surface area contributed by atoms with Gasteiger partial charge in [-0.2, -0.15) is 0 Å². The first-order valence-corrected chi connectivity index (χ1v) is 8.06. The van der Waals surface area contributed by atoms with E-state index < -0.39 is 5.97 Å². The fourth-order valence-electron chi connectivity index (χ4n) is 0.697. The Labute approximate surface area is 137 Å². The zero-order valence-corrected chi connectivity index (χ0v) is 15.8. The maximum atomic E-state index is 11.2. The van der Waals surface area contributed by atoms with E-state index in [9.17, 15) is 9.59 Å². The molecule has 0 unspecified atom stereocenters. The van der Waals surface area contributed by atoms with Crippen LogP contribution < -0.4 is 0 Å². The van der Waals surface area contributed by atoms with Gasteiger partial charge in [-0.15, -0.1) is 0 Å². The molecule has 0 aliphatic rings. The topological polar surface area (TPSA) is 60.9 Å². The summed E-state index contributed by atoms with van der Waals surface area (Å²) in [5.41, 5.74) is 0. The summed E-state index contributed by atoms with van der Waals surface area (Å²) in [6.45, 7) is 2.14. The van der Waals surface area contributed by atoms with Gasteiger partial charge in [-0.25, -0.2) is 4.79 Å². The van der Waals surface area contributed by atoms with Crippen LogP contribution in [0.4, 0.5) is 4.79 Å². The highest BCUT2D eigenvalue weighted by Gasteiger charge is 2.14. The lowest BCUT2D eigenvalue weighted by molar-refractivity contribution is -0.137. The highest BCUT2D eigenvalue weighted by molar-refractivity contribution is 14.3. The largest absolute Gasteiger partial charge is 0.480 e. The van der Waals surface area contributed by atoms with E-state index in [1.807, 2.05) is 6.92 Å². The van der Waals surface area contributed by atoms with E-state index in [2.05, 4.69) is 67.8 Å². The summed E-state index contributed by atoms with van der Waals surface area (Å²) in [5.74, 6) is -1.00. The molecule has 0 spiro atoms. The van der Waals surface area contributed by atoms with Crippen LogP contribution in [0.25, 0.3) is 0 Å². The first kappa shape index (κ1) is 19.3. The molecule has 0 saturated carbocycles. The number of carbonyl (C=O) groups excluding carboxylic acids is 1. The molecule has 0 aliphatic heterocycles. The van der Waals surface area contributed by atoms with Crippen molar-refractivity contribution in [2.45, 2.75) is 6.86 Å². The van der Waals surface area contributed by atoms with Crippen LogP contribution >= 0.6 is 67.8 Å². The summed E-state index contributed by atoms with van der Waals surface area (Å²) in [5, 5.41) is 8.37. The second-order valence-corrected chi connectivity index (χ2v) is 13.7. The molecule has 0 aromatic rings. The summed E-state index contributed by atoms with van der Waals surface area (Å²) in [6, 6.07) is -0.278. The molecule has 96 valence electrons. The molecule has 16 heavy (non-hydrogen) atoms. The molecular weight excluding hydrogens is 553 g/mol.